The zero-order valence-electron chi connectivity index (χ0n) is 5.77. The predicted molar refractivity (Wildman–Crippen MR) is 62.2 cm³/mol. The molecule has 0 saturated carbocycles. The topological polar surface area (TPSA) is 0 Å². The number of hydrogen-bond acceptors (Lipinski definition) is 1. The van der Waals surface area contributed by atoms with Crippen LogP contribution in [0.15, 0.2) is 22.0 Å². The largest absolute Gasteiger partial charge is 0.205 e. The molecule has 0 radical (unpaired) electrons. The summed E-state index contributed by atoms with van der Waals surface area (Å²) >= 11 is 6.91. The Bertz CT molecular complexity index is 438. The fourth-order valence-electron chi connectivity index (χ4n) is 1.03. The van der Waals surface area contributed by atoms with Gasteiger partial charge in [0.2, 0.25) is 0 Å². The lowest BCUT2D eigenvalue weighted by Crippen LogP contribution is -1.76. The van der Waals surface area contributed by atoms with Crippen LogP contribution in [0.1, 0.15) is 0 Å². The number of halogens is 3. The standard InChI is InChI=1S/C8H3BrFIS/c9-6-3-12-8-5(6)1-4(11)2-7(8)10/h1-3H. The maximum atomic E-state index is 13.2. The lowest BCUT2D eigenvalue weighted by molar-refractivity contribution is 0.641. The Labute approximate surface area is 95.0 Å². The van der Waals surface area contributed by atoms with Gasteiger partial charge in [-0.3, -0.25) is 0 Å². The zero-order chi connectivity index (χ0) is 8.72. The van der Waals surface area contributed by atoms with Crippen molar-refractivity contribution >= 4 is 59.9 Å². The van der Waals surface area contributed by atoms with Crippen LogP contribution in [0.5, 0.6) is 0 Å². The van der Waals surface area contributed by atoms with Crippen molar-refractivity contribution in [1.29, 1.82) is 0 Å². The molecule has 0 amide bonds. The fraction of sp³-hybridized carbons (Fsp3) is 0. The minimum atomic E-state index is -0.132. The molecule has 62 valence electrons. The normalized spacial score (nSPS) is 10.9. The van der Waals surface area contributed by atoms with Crippen LogP contribution in [0.3, 0.4) is 0 Å². The summed E-state index contributed by atoms with van der Waals surface area (Å²) in [6.45, 7) is 0. The third-order valence-electron chi connectivity index (χ3n) is 1.55. The second-order valence-corrected chi connectivity index (χ2v) is 5.33. The summed E-state index contributed by atoms with van der Waals surface area (Å²) in [5.41, 5.74) is 0. The third kappa shape index (κ3) is 1.40. The minimum Gasteiger partial charge on any atom is -0.205 e. The van der Waals surface area contributed by atoms with Crippen molar-refractivity contribution in [1.82, 2.24) is 0 Å². The maximum absolute atomic E-state index is 13.2. The average Bonchev–Trinajstić information content (AvgIpc) is 2.33. The van der Waals surface area contributed by atoms with Gasteiger partial charge in [-0.05, 0) is 50.7 Å². The highest BCUT2D eigenvalue weighted by Gasteiger charge is 2.06. The molecule has 0 N–H and O–H groups in total. The number of hydrogen-bond donors (Lipinski definition) is 0. The first kappa shape index (κ1) is 8.90. The smallest absolute Gasteiger partial charge is 0.142 e. The Morgan fingerprint density at radius 1 is 1.42 bits per heavy atom. The van der Waals surface area contributed by atoms with Gasteiger partial charge in [0, 0.05) is 18.8 Å². The maximum Gasteiger partial charge on any atom is 0.142 e. The molecule has 0 fully saturated rings. The zero-order valence-corrected chi connectivity index (χ0v) is 10.3. The van der Waals surface area contributed by atoms with E-state index in [0.717, 1.165) is 18.1 Å². The van der Waals surface area contributed by atoms with E-state index in [1.165, 1.54) is 11.3 Å². The highest BCUT2D eigenvalue weighted by Crippen LogP contribution is 2.33. The summed E-state index contributed by atoms with van der Waals surface area (Å²) < 4.78 is 15.9. The van der Waals surface area contributed by atoms with Crippen LogP contribution >= 0.6 is 49.9 Å². The van der Waals surface area contributed by atoms with E-state index in [-0.39, 0.29) is 5.82 Å². The molecular formula is C8H3BrFIS. The SMILES string of the molecule is Fc1cc(I)cc2c(Br)csc12. The molecule has 12 heavy (non-hydrogen) atoms. The quantitative estimate of drug-likeness (QED) is 0.613. The van der Waals surface area contributed by atoms with E-state index in [1.54, 1.807) is 6.07 Å². The summed E-state index contributed by atoms with van der Waals surface area (Å²) in [6.07, 6.45) is 0. The van der Waals surface area contributed by atoms with Gasteiger partial charge in [0.25, 0.3) is 0 Å². The summed E-state index contributed by atoms with van der Waals surface area (Å²) in [5.74, 6) is -0.132. The second-order valence-electron chi connectivity index (χ2n) is 2.35. The summed E-state index contributed by atoms with van der Waals surface area (Å²) in [4.78, 5) is 0. The minimum absolute atomic E-state index is 0.132. The van der Waals surface area contributed by atoms with E-state index in [9.17, 15) is 4.39 Å². The van der Waals surface area contributed by atoms with E-state index in [4.69, 9.17) is 0 Å². The molecule has 0 aliphatic rings. The molecule has 4 heteroatoms. The van der Waals surface area contributed by atoms with E-state index >= 15 is 0 Å². The Kier molecular flexibility index (Phi) is 2.39. The van der Waals surface area contributed by atoms with Crippen LogP contribution in [-0.2, 0) is 0 Å². The summed E-state index contributed by atoms with van der Waals surface area (Å²) in [6, 6.07) is 3.52. The van der Waals surface area contributed by atoms with Gasteiger partial charge in [-0.15, -0.1) is 11.3 Å². The van der Waals surface area contributed by atoms with E-state index in [1.807, 2.05) is 11.4 Å². The average molecular weight is 357 g/mol. The number of rotatable bonds is 0. The second kappa shape index (κ2) is 3.23. The molecule has 0 aliphatic carbocycles. The molecule has 1 aromatic carbocycles. The molecule has 0 spiro atoms. The van der Waals surface area contributed by atoms with Crippen LogP contribution in [0, 0.1) is 9.39 Å². The fourth-order valence-corrected chi connectivity index (χ4v) is 3.16. The summed E-state index contributed by atoms with van der Waals surface area (Å²) in [5, 5.41) is 2.87. The Balaban J connectivity index is 2.92. The van der Waals surface area contributed by atoms with Crippen molar-refractivity contribution in [3.63, 3.8) is 0 Å². The van der Waals surface area contributed by atoms with Gasteiger partial charge >= 0.3 is 0 Å². The van der Waals surface area contributed by atoms with Gasteiger partial charge in [-0.25, -0.2) is 4.39 Å². The predicted octanol–water partition coefficient (Wildman–Crippen LogP) is 4.41. The molecule has 1 heterocycles. The molecular weight excluding hydrogens is 354 g/mol. The van der Waals surface area contributed by atoms with E-state index in [0.29, 0.717) is 0 Å². The first-order valence-electron chi connectivity index (χ1n) is 3.20. The molecule has 2 rings (SSSR count). The van der Waals surface area contributed by atoms with Crippen molar-refractivity contribution in [2.24, 2.45) is 0 Å². The Morgan fingerprint density at radius 3 is 2.92 bits per heavy atom. The van der Waals surface area contributed by atoms with Crippen LogP contribution < -0.4 is 0 Å². The highest BCUT2D eigenvalue weighted by atomic mass is 127. The first-order chi connectivity index (χ1) is 5.68. The molecule has 0 nitrogen and oxygen atoms in total. The van der Waals surface area contributed by atoms with Crippen molar-refractivity contribution in [3.05, 3.63) is 31.4 Å². The lowest BCUT2D eigenvalue weighted by Gasteiger charge is -1.94. The summed E-state index contributed by atoms with van der Waals surface area (Å²) in [7, 11) is 0. The van der Waals surface area contributed by atoms with Crippen LogP contribution in [-0.4, -0.2) is 0 Å². The Morgan fingerprint density at radius 2 is 2.17 bits per heavy atom. The highest BCUT2D eigenvalue weighted by molar-refractivity contribution is 14.1. The van der Waals surface area contributed by atoms with Crippen molar-refractivity contribution < 1.29 is 4.39 Å². The molecule has 0 aliphatic heterocycles. The molecule has 1 aromatic heterocycles. The third-order valence-corrected chi connectivity index (χ3v) is 4.13. The first-order valence-corrected chi connectivity index (χ1v) is 5.95. The van der Waals surface area contributed by atoms with Gasteiger partial charge in [-0.1, -0.05) is 0 Å². The van der Waals surface area contributed by atoms with E-state index in [2.05, 4.69) is 38.5 Å². The molecule has 0 unspecified atom stereocenters. The number of thiophene rings is 1. The van der Waals surface area contributed by atoms with Gasteiger partial charge in [-0.2, -0.15) is 0 Å². The van der Waals surface area contributed by atoms with Gasteiger partial charge < -0.3 is 0 Å². The van der Waals surface area contributed by atoms with Crippen molar-refractivity contribution in [2.75, 3.05) is 0 Å². The van der Waals surface area contributed by atoms with Gasteiger partial charge in [0.05, 0.1) is 4.70 Å². The van der Waals surface area contributed by atoms with Crippen LogP contribution in [0.25, 0.3) is 10.1 Å². The molecule has 0 bridgehead atoms. The molecule has 0 saturated heterocycles. The molecule has 2 aromatic rings. The van der Waals surface area contributed by atoms with Crippen LogP contribution in [0.4, 0.5) is 4.39 Å². The van der Waals surface area contributed by atoms with Gasteiger partial charge in [0.15, 0.2) is 0 Å². The van der Waals surface area contributed by atoms with Crippen molar-refractivity contribution in [3.8, 4) is 0 Å². The number of benzene rings is 1. The lowest BCUT2D eigenvalue weighted by atomic mass is 10.3. The Hall–Kier alpha value is 0.320. The number of fused-ring (bicyclic) bond motifs is 1. The van der Waals surface area contributed by atoms with Gasteiger partial charge in [0.1, 0.15) is 5.82 Å². The molecule has 0 atom stereocenters. The van der Waals surface area contributed by atoms with Crippen LogP contribution in [0.2, 0.25) is 0 Å². The van der Waals surface area contributed by atoms with Crippen molar-refractivity contribution in [2.45, 2.75) is 0 Å². The monoisotopic (exact) mass is 356 g/mol. The van der Waals surface area contributed by atoms with E-state index < -0.39 is 0 Å².